The number of hydrogen-bond donors (Lipinski definition) is 2. The molecule has 0 aliphatic carbocycles. The van der Waals surface area contributed by atoms with E-state index in [-0.39, 0.29) is 17.8 Å². The maximum absolute atomic E-state index is 13.0. The van der Waals surface area contributed by atoms with Crippen molar-refractivity contribution in [3.63, 3.8) is 0 Å². The fraction of sp³-hybridized carbons (Fsp3) is 0.241. The lowest BCUT2D eigenvalue weighted by atomic mass is 9.64. The van der Waals surface area contributed by atoms with Crippen LogP contribution in [0.2, 0.25) is 0 Å². The van der Waals surface area contributed by atoms with Gasteiger partial charge in [-0.2, -0.15) is 0 Å². The summed E-state index contributed by atoms with van der Waals surface area (Å²) in [6.07, 6.45) is 1.38. The van der Waals surface area contributed by atoms with Gasteiger partial charge in [0.25, 0.3) is 5.56 Å². The van der Waals surface area contributed by atoms with Gasteiger partial charge in [0, 0.05) is 24.8 Å². The van der Waals surface area contributed by atoms with Gasteiger partial charge in [-0.25, -0.2) is 4.79 Å². The molecule has 35 heavy (non-hydrogen) atoms. The maximum atomic E-state index is 13.0. The minimum absolute atomic E-state index is 0.0192. The van der Waals surface area contributed by atoms with Gasteiger partial charge in [0.1, 0.15) is 0 Å². The summed E-state index contributed by atoms with van der Waals surface area (Å²) < 4.78 is 8.21. The third-order valence-electron chi connectivity index (χ3n) is 6.81. The van der Waals surface area contributed by atoms with Gasteiger partial charge in [-0.05, 0) is 36.6 Å². The SMILES string of the molecule is Cc1cn(-c2ccccc2C(c2ccccc2)(c2ccccc2)[C@@H]2CNC[C@H](C)O2)c(=O)[nH]c1=O. The highest BCUT2D eigenvalue weighted by atomic mass is 16.5. The van der Waals surface area contributed by atoms with Crippen LogP contribution < -0.4 is 16.6 Å². The molecular weight excluding hydrogens is 438 g/mol. The number of ether oxygens (including phenoxy) is 1. The first-order valence-electron chi connectivity index (χ1n) is 11.9. The lowest BCUT2D eigenvalue weighted by Gasteiger charge is -2.46. The highest BCUT2D eigenvalue weighted by Gasteiger charge is 2.47. The predicted molar refractivity (Wildman–Crippen MR) is 137 cm³/mol. The van der Waals surface area contributed by atoms with Gasteiger partial charge in [0.05, 0.1) is 23.3 Å². The molecule has 0 radical (unpaired) electrons. The second-order valence-corrected chi connectivity index (χ2v) is 9.09. The molecule has 6 heteroatoms. The van der Waals surface area contributed by atoms with E-state index < -0.39 is 11.1 Å². The van der Waals surface area contributed by atoms with Gasteiger partial charge in [0.15, 0.2) is 0 Å². The monoisotopic (exact) mass is 467 g/mol. The summed E-state index contributed by atoms with van der Waals surface area (Å²) >= 11 is 0. The molecule has 1 fully saturated rings. The molecule has 2 heterocycles. The first-order valence-corrected chi connectivity index (χ1v) is 11.9. The van der Waals surface area contributed by atoms with Gasteiger partial charge in [-0.3, -0.25) is 14.3 Å². The standard InChI is InChI=1S/C29H29N3O3/c1-20-19-32(28(34)31-27(20)33)25-16-10-9-15-24(25)29(22-11-5-3-6-12-22,23-13-7-4-8-14-23)26-18-30-17-21(2)35-26/h3-16,19,21,26,30H,17-18H2,1-2H3,(H,31,33,34)/t21-,26-/m0/s1. The van der Waals surface area contributed by atoms with Crippen molar-refractivity contribution in [2.45, 2.75) is 31.5 Å². The van der Waals surface area contributed by atoms with Crippen LogP contribution in [-0.2, 0) is 10.2 Å². The summed E-state index contributed by atoms with van der Waals surface area (Å²) in [7, 11) is 0. The molecule has 0 bridgehead atoms. The number of benzene rings is 3. The molecule has 1 aliphatic heterocycles. The van der Waals surface area contributed by atoms with Crippen LogP contribution in [0.4, 0.5) is 0 Å². The average molecular weight is 468 g/mol. The fourth-order valence-corrected chi connectivity index (χ4v) is 5.24. The lowest BCUT2D eigenvalue weighted by Crippen LogP contribution is -2.55. The number of morpholine rings is 1. The number of nitrogens with one attached hydrogen (secondary N) is 2. The Morgan fingerprint density at radius 3 is 2.09 bits per heavy atom. The van der Waals surface area contributed by atoms with Gasteiger partial charge in [-0.15, -0.1) is 0 Å². The van der Waals surface area contributed by atoms with Crippen molar-refractivity contribution in [3.8, 4) is 5.69 Å². The molecule has 4 aromatic rings. The number of aryl methyl sites for hydroxylation is 1. The molecule has 0 unspecified atom stereocenters. The van der Waals surface area contributed by atoms with E-state index in [2.05, 4.69) is 47.6 Å². The van der Waals surface area contributed by atoms with Crippen LogP contribution in [0, 0.1) is 6.92 Å². The summed E-state index contributed by atoms with van der Waals surface area (Å²) in [5.74, 6) is 0. The Balaban J connectivity index is 1.89. The molecule has 2 atom stereocenters. The van der Waals surface area contributed by atoms with Gasteiger partial charge >= 0.3 is 5.69 Å². The average Bonchev–Trinajstić information content (AvgIpc) is 2.89. The van der Waals surface area contributed by atoms with Crippen LogP contribution >= 0.6 is 0 Å². The third-order valence-corrected chi connectivity index (χ3v) is 6.81. The van der Waals surface area contributed by atoms with Crippen molar-refractivity contribution in [2.75, 3.05) is 13.1 Å². The number of aromatic amines is 1. The maximum Gasteiger partial charge on any atom is 0.332 e. The first kappa shape index (κ1) is 23.0. The van der Waals surface area contributed by atoms with Crippen LogP contribution in [0.15, 0.2) is 101 Å². The Hall–Kier alpha value is -3.74. The fourth-order valence-electron chi connectivity index (χ4n) is 5.24. The van der Waals surface area contributed by atoms with E-state index >= 15 is 0 Å². The van der Waals surface area contributed by atoms with Crippen molar-refractivity contribution < 1.29 is 4.74 Å². The summed E-state index contributed by atoms with van der Waals surface area (Å²) in [5.41, 5.74) is 2.63. The Morgan fingerprint density at radius 1 is 0.857 bits per heavy atom. The zero-order valence-electron chi connectivity index (χ0n) is 19.9. The third kappa shape index (κ3) is 4.05. The highest BCUT2D eigenvalue weighted by Crippen LogP contribution is 2.46. The molecule has 1 aliphatic rings. The normalized spacial score (nSPS) is 18.3. The van der Waals surface area contributed by atoms with Crippen LogP contribution in [0.3, 0.4) is 0 Å². The molecule has 3 aromatic carbocycles. The number of para-hydroxylation sites is 1. The van der Waals surface area contributed by atoms with Crippen LogP contribution in [0.1, 0.15) is 29.2 Å². The summed E-state index contributed by atoms with van der Waals surface area (Å²) in [6.45, 7) is 5.19. The van der Waals surface area contributed by atoms with Gasteiger partial charge in [-0.1, -0.05) is 78.9 Å². The molecule has 1 saturated heterocycles. The van der Waals surface area contributed by atoms with Crippen molar-refractivity contribution in [1.82, 2.24) is 14.9 Å². The summed E-state index contributed by atoms with van der Waals surface area (Å²) in [6, 6.07) is 28.5. The topological polar surface area (TPSA) is 76.1 Å². The Kier molecular flexibility index (Phi) is 6.24. The molecule has 0 spiro atoms. The first-order chi connectivity index (χ1) is 17.0. The van der Waals surface area contributed by atoms with E-state index in [0.717, 1.165) is 23.2 Å². The molecular formula is C29H29N3O3. The number of rotatable bonds is 5. The van der Waals surface area contributed by atoms with Crippen molar-refractivity contribution in [2.24, 2.45) is 0 Å². The van der Waals surface area contributed by atoms with E-state index in [4.69, 9.17) is 4.74 Å². The summed E-state index contributed by atoms with van der Waals surface area (Å²) in [4.78, 5) is 27.6. The zero-order valence-corrected chi connectivity index (χ0v) is 19.9. The van der Waals surface area contributed by atoms with E-state index in [1.807, 2.05) is 54.6 Å². The van der Waals surface area contributed by atoms with E-state index in [9.17, 15) is 9.59 Å². The highest BCUT2D eigenvalue weighted by molar-refractivity contribution is 5.59. The van der Waals surface area contributed by atoms with Gasteiger partial charge in [0.2, 0.25) is 0 Å². The van der Waals surface area contributed by atoms with Crippen molar-refractivity contribution >= 4 is 0 Å². The Labute approximate surface area is 204 Å². The van der Waals surface area contributed by atoms with Gasteiger partial charge < -0.3 is 10.1 Å². The smallest absolute Gasteiger partial charge is 0.332 e. The van der Waals surface area contributed by atoms with Crippen LogP contribution in [0.5, 0.6) is 0 Å². The number of hydrogen-bond acceptors (Lipinski definition) is 4. The molecule has 1 aromatic heterocycles. The second kappa shape index (κ2) is 9.49. The molecule has 0 amide bonds. The number of nitrogens with zero attached hydrogens (tertiary/aromatic N) is 1. The van der Waals surface area contributed by atoms with Crippen molar-refractivity contribution in [1.29, 1.82) is 0 Å². The largest absolute Gasteiger partial charge is 0.371 e. The molecule has 6 nitrogen and oxygen atoms in total. The van der Waals surface area contributed by atoms with E-state index in [0.29, 0.717) is 17.8 Å². The second-order valence-electron chi connectivity index (χ2n) is 9.09. The Morgan fingerprint density at radius 2 is 1.46 bits per heavy atom. The van der Waals surface area contributed by atoms with Crippen LogP contribution in [0.25, 0.3) is 5.69 Å². The Bertz CT molecular complexity index is 1390. The molecule has 2 N–H and O–H groups in total. The van der Waals surface area contributed by atoms with E-state index in [1.165, 1.54) is 4.57 Å². The quantitative estimate of drug-likeness (QED) is 0.440. The number of aromatic nitrogens is 2. The predicted octanol–water partition coefficient (Wildman–Crippen LogP) is 3.55. The van der Waals surface area contributed by atoms with Crippen LogP contribution in [-0.4, -0.2) is 34.8 Å². The van der Waals surface area contributed by atoms with Crippen molar-refractivity contribution in [3.05, 3.63) is 134 Å². The molecule has 5 rings (SSSR count). The summed E-state index contributed by atoms with van der Waals surface area (Å²) in [5, 5.41) is 3.55. The molecule has 178 valence electrons. The minimum Gasteiger partial charge on any atom is -0.371 e. The minimum atomic E-state index is -0.732. The van der Waals surface area contributed by atoms with E-state index in [1.54, 1.807) is 13.1 Å². The molecule has 0 saturated carbocycles. The number of H-pyrrole nitrogens is 1. The lowest BCUT2D eigenvalue weighted by molar-refractivity contribution is -0.0511. The zero-order chi connectivity index (χ0) is 24.4.